The molecule has 6 nitrogen and oxygen atoms in total. The molecule has 13 heavy (non-hydrogen) atoms. The van der Waals surface area contributed by atoms with E-state index in [1.807, 2.05) is 0 Å². The van der Waals surface area contributed by atoms with E-state index in [1.54, 1.807) is 12.1 Å². The molecule has 2 aromatic heterocycles. The van der Waals surface area contributed by atoms with E-state index < -0.39 is 11.7 Å². The molecular weight excluding hydrogens is 172 g/mol. The van der Waals surface area contributed by atoms with Gasteiger partial charge in [0.15, 0.2) is 5.65 Å². The number of amides is 1. The Bertz CT molecular complexity index is 525. The molecular formula is C7H6N4O2. The molecule has 0 radical (unpaired) electrons. The van der Waals surface area contributed by atoms with Crippen molar-refractivity contribution in [2.75, 3.05) is 0 Å². The molecule has 0 aliphatic heterocycles. The van der Waals surface area contributed by atoms with Crippen LogP contribution in [0.5, 0.6) is 0 Å². The number of hydrogen-bond acceptors (Lipinski definition) is 3. The summed E-state index contributed by atoms with van der Waals surface area (Å²) >= 11 is 0. The molecule has 0 spiro atoms. The maximum absolute atomic E-state index is 11.1. The van der Waals surface area contributed by atoms with Gasteiger partial charge < -0.3 is 5.73 Å². The number of pyridine rings is 1. The van der Waals surface area contributed by atoms with E-state index in [0.717, 1.165) is 4.57 Å². The number of imidazole rings is 1. The van der Waals surface area contributed by atoms with Crippen LogP contribution in [0.1, 0.15) is 0 Å². The Balaban J connectivity index is 2.95. The van der Waals surface area contributed by atoms with Gasteiger partial charge in [-0.2, -0.15) is 0 Å². The monoisotopic (exact) mass is 178 g/mol. The van der Waals surface area contributed by atoms with E-state index >= 15 is 0 Å². The lowest BCUT2D eigenvalue weighted by Gasteiger charge is -1.93. The third-order valence-corrected chi connectivity index (χ3v) is 1.68. The molecule has 0 unspecified atom stereocenters. The number of nitrogens with one attached hydrogen (secondary N) is 1. The van der Waals surface area contributed by atoms with E-state index in [9.17, 15) is 9.59 Å². The van der Waals surface area contributed by atoms with Crippen molar-refractivity contribution in [3.8, 4) is 0 Å². The van der Waals surface area contributed by atoms with Crippen LogP contribution in [0.2, 0.25) is 0 Å². The highest BCUT2D eigenvalue weighted by atomic mass is 16.2. The quantitative estimate of drug-likeness (QED) is 0.577. The van der Waals surface area contributed by atoms with Gasteiger partial charge in [-0.3, -0.25) is 4.98 Å². The van der Waals surface area contributed by atoms with Crippen molar-refractivity contribution < 1.29 is 4.79 Å². The zero-order valence-electron chi connectivity index (χ0n) is 6.52. The average Bonchev–Trinajstić information content (AvgIpc) is 2.39. The molecule has 3 N–H and O–H groups in total. The Morgan fingerprint density at radius 3 is 3.08 bits per heavy atom. The Morgan fingerprint density at radius 1 is 1.62 bits per heavy atom. The molecule has 0 saturated carbocycles. The molecule has 6 heteroatoms. The van der Waals surface area contributed by atoms with Crippen LogP contribution in [-0.2, 0) is 0 Å². The molecule has 0 atom stereocenters. The van der Waals surface area contributed by atoms with Crippen LogP contribution in [0, 0.1) is 0 Å². The van der Waals surface area contributed by atoms with E-state index in [2.05, 4.69) is 9.97 Å². The first-order chi connectivity index (χ1) is 6.20. The molecule has 0 aromatic carbocycles. The second-order valence-corrected chi connectivity index (χ2v) is 2.47. The second-order valence-electron chi connectivity index (χ2n) is 2.47. The minimum absolute atomic E-state index is 0.353. The minimum atomic E-state index is -0.816. The SMILES string of the molecule is NC(=O)n1c(=O)[nH]c2ncccc21. The van der Waals surface area contributed by atoms with Crippen LogP contribution in [0.3, 0.4) is 0 Å². The van der Waals surface area contributed by atoms with E-state index in [0.29, 0.717) is 11.2 Å². The zero-order valence-corrected chi connectivity index (χ0v) is 6.52. The number of hydrogen-bond donors (Lipinski definition) is 2. The lowest BCUT2D eigenvalue weighted by molar-refractivity contribution is 0.250. The van der Waals surface area contributed by atoms with Crippen molar-refractivity contribution >= 4 is 17.2 Å². The molecule has 2 rings (SSSR count). The summed E-state index contributed by atoms with van der Waals surface area (Å²) in [5.41, 5.74) is 5.17. The van der Waals surface area contributed by atoms with Crippen LogP contribution < -0.4 is 11.4 Å². The number of H-pyrrole nitrogens is 1. The molecule has 0 fully saturated rings. The van der Waals surface area contributed by atoms with Gasteiger partial charge in [0.25, 0.3) is 0 Å². The van der Waals surface area contributed by atoms with Gasteiger partial charge in [0, 0.05) is 6.20 Å². The third kappa shape index (κ3) is 0.994. The van der Waals surface area contributed by atoms with Crippen molar-refractivity contribution in [2.24, 2.45) is 5.73 Å². The summed E-state index contributed by atoms with van der Waals surface area (Å²) in [6, 6.07) is 2.39. The van der Waals surface area contributed by atoms with E-state index in [1.165, 1.54) is 6.20 Å². The molecule has 2 heterocycles. The first-order valence-corrected chi connectivity index (χ1v) is 3.55. The van der Waals surface area contributed by atoms with Gasteiger partial charge in [0.1, 0.15) is 0 Å². The fourth-order valence-corrected chi connectivity index (χ4v) is 1.16. The Kier molecular flexibility index (Phi) is 1.42. The van der Waals surface area contributed by atoms with Gasteiger partial charge in [-0.1, -0.05) is 0 Å². The summed E-state index contributed by atoms with van der Waals surface area (Å²) in [5.74, 6) is 0. The molecule has 0 bridgehead atoms. The van der Waals surface area contributed by atoms with Crippen LogP contribution in [0.15, 0.2) is 23.1 Å². The predicted octanol–water partition coefficient (Wildman–Crippen LogP) is -0.349. The molecule has 0 saturated heterocycles. The summed E-state index contributed by atoms with van der Waals surface area (Å²) in [6.45, 7) is 0. The summed E-state index contributed by atoms with van der Waals surface area (Å²) in [5, 5.41) is 0. The van der Waals surface area contributed by atoms with E-state index in [-0.39, 0.29) is 0 Å². The van der Waals surface area contributed by atoms with Gasteiger partial charge in [-0.05, 0) is 12.1 Å². The zero-order chi connectivity index (χ0) is 9.42. The lowest BCUT2D eigenvalue weighted by Crippen LogP contribution is -2.29. The molecule has 66 valence electrons. The molecule has 2 aromatic rings. The summed E-state index contributed by atoms with van der Waals surface area (Å²) < 4.78 is 0.836. The predicted molar refractivity (Wildman–Crippen MR) is 45.3 cm³/mol. The molecule has 0 aliphatic carbocycles. The Hall–Kier alpha value is -2.11. The van der Waals surface area contributed by atoms with Crippen molar-refractivity contribution in [2.45, 2.75) is 0 Å². The van der Waals surface area contributed by atoms with Gasteiger partial charge in [0.05, 0.1) is 5.52 Å². The topological polar surface area (TPSA) is 93.8 Å². The number of aromatic nitrogens is 3. The van der Waals surface area contributed by atoms with Crippen molar-refractivity contribution in [3.63, 3.8) is 0 Å². The van der Waals surface area contributed by atoms with Gasteiger partial charge in [-0.15, -0.1) is 0 Å². The number of rotatable bonds is 0. The molecule has 0 aliphatic rings. The van der Waals surface area contributed by atoms with Gasteiger partial charge >= 0.3 is 11.7 Å². The number of nitrogens with two attached hydrogens (primary N) is 1. The van der Waals surface area contributed by atoms with Gasteiger partial charge in [0.2, 0.25) is 0 Å². The number of carbonyl (C=O) groups excluding carboxylic acids is 1. The molecule has 1 amide bonds. The van der Waals surface area contributed by atoms with Crippen molar-refractivity contribution in [1.29, 1.82) is 0 Å². The number of aromatic amines is 1. The number of fused-ring (bicyclic) bond motifs is 1. The fraction of sp³-hybridized carbons (Fsp3) is 0. The normalized spacial score (nSPS) is 10.5. The Morgan fingerprint density at radius 2 is 2.38 bits per heavy atom. The first-order valence-electron chi connectivity index (χ1n) is 3.55. The number of primary amides is 1. The first kappa shape index (κ1) is 7.53. The summed E-state index contributed by atoms with van der Waals surface area (Å²) in [6.07, 6.45) is 1.52. The third-order valence-electron chi connectivity index (χ3n) is 1.68. The van der Waals surface area contributed by atoms with Crippen LogP contribution >= 0.6 is 0 Å². The van der Waals surface area contributed by atoms with Crippen LogP contribution in [0.25, 0.3) is 11.2 Å². The number of carbonyl (C=O) groups is 1. The lowest BCUT2D eigenvalue weighted by atomic mass is 10.4. The Labute approximate surface area is 72.0 Å². The van der Waals surface area contributed by atoms with Gasteiger partial charge in [-0.25, -0.2) is 19.1 Å². The summed E-state index contributed by atoms with van der Waals surface area (Å²) in [4.78, 5) is 28.2. The highest BCUT2D eigenvalue weighted by molar-refractivity contribution is 5.86. The minimum Gasteiger partial charge on any atom is -0.351 e. The standard InChI is InChI=1S/C7H6N4O2/c8-6(12)11-4-2-1-3-9-5(4)10-7(11)13/h1-3H,(H2,8,12)(H,9,10,13). The maximum atomic E-state index is 11.1. The largest absolute Gasteiger partial charge is 0.351 e. The highest BCUT2D eigenvalue weighted by Crippen LogP contribution is 2.04. The smallest absolute Gasteiger partial charge is 0.335 e. The van der Waals surface area contributed by atoms with Crippen LogP contribution in [0.4, 0.5) is 4.79 Å². The average molecular weight is 178 g/mol. The van der Waals surface area contributed by atoms with Crippen LogP contribution in [-0.4, -0.2) is 20.6 Å². The van der Waals surface area contributed by atoms with E-state index in [4.69, 9.17) is 5.73 Å². The maximum Gasteiger partial charge on any atom is 0.335 e. The second kappa shape index (κ2) is 2.44. The van der Waals surface area contributed by atoms with Crippen molar-refractivity contribution in [1.82, 2.24) is 14.5 Å². The highest BCUT2D eigenvalue weighted by Gasteiger charge is 2.09. The van der Waals surface area contributed by atoms with Crippen molar-refractivity contribution in [3.05, 3.63) is 28.8 Å². The number of nitrogens with zero attached hydrogens (tertiary/aromatic N) is 2. The fourth-order valence-electron chi connectivity index (χ4n) is 1.16. The summed E-state index contributed by atoms with van der Waals surface area (Å²) in [7, 11) is 0.